The van der Waals surface area contributed by atoms with Crippen molar-refractivity contribution in [1.29, 1.82) is 0 Å². The summed E-state index contributed by atoms with van der Waals surface area (Å²) in [7, 11) is 3.10. The molecule has 0 aliphatic carbocycles. The molecule has 1 amide bonds. The molecule has 0 aliphatic rings. The molecule has 2 aromatic carbocycles. The summed E-state index contributed by atoms with van der Waals surface area (Å²) in [4.78, 5) is 12.9. The molecule has 0 fully saturated rings. The third-order valence-electron chi connectivity index (χ3n) is 4.85. The molecule has 6 nitrogen and oxygen atoms in total. The van der Waals surface area contributed by atoms with Crippen LogP contribution in [0.15, 0.2) is 42.5 Å². The van der Waals surface area contributed by atoms with Crippen LogP contribution in [-0.4, -0.2) is 29.9 Å². The Hall–Kier alpha value is -3.28. The van der Waals surface area contributed by atoms with Gasteiger partial charge in [0.05, 0.1) is 43.4 Å². The molecule has 3 aromatic rings. The Bertz CT molecular complexity index is 1010. The molecule has 6 heteroatoms. The number of aromatic nitrogens is 2. The molecule has 146 valence electrons. The maximum atomic E-state index is 12.9. The van der Waals surface area contributed by atoms with E-state index in [9.17, 15) is 4.79 Å². The lowest BCUT2D eigenvalue weighted by Crippen LogP contribution is -2.14. The number of benzene rings is 2. The molecule has 0 aliphatic heterocycles. The van der Waals surface area contributed by atoms with Crippen molar-refractivity contribution in [2.24, 2.45) is 0 Å². The fraction of sp³-hybridized carbons (Fsp3) is 0.273. The first kappa shape index (κ1) is 19.5. The van der Waals surface area contributed by atoms with E-state index in [1.807, 2.05) is 30.7 Å². The number of hydrogen-bond donors (Lipinski definition) is 1. The second-order valence-corrected chi connectivity index (χ2v) is 6.65. The van der Waals surface area contributed by atoms with Gasteiger partial charge >= 0.3 is 0 Å². The lowest BCUT2D eigenvalue weighted by Gasteiger charge is -2.11. The number of nitrogens with zero attached hydrogens (tertiary/aromatic N) is 2. The molecule has 0 spiro atoms. The van der Waals surface area contributed by atoms with Crippen LogP contribution in [0.5, 0.6) is 11.5 Å². The Balaban J connectivity index is 1.86. The van der Waals surface area contributed by atoms with Gasteiger partial charge in [-0.15, -0.1) is 0 Å². The maximum Gasteiger partial charge on any atom is 0.259 e. The highest BCUT2D eigenvalue weighted by Crippen LogP contribution is 2.27. The number of methoxy groups -OCH3 is 2. The van der Waals surface area contributed by atoms with Gasteiger partial charge in [-0.2, -0.15) is 5.10 Å². The van der Waals surface area contributed by atoms with Crippen molar-refractivity contribution in [1.82, 2.24) is 9.78 Å². The van der Waals surface area contributed by atoms with Gasteiger partial charge in [0.15, 0.2) is 0 Å². The van der Waals surface area contributed by atoms with Crippen LogP contribution in [0.25, 0.3) is 0 Å². The second-order valence-electron chi connectivity index (χ2n) is 6.65. The van der Waals surface area contributed by atoms with E-state index < -0.39 is 0 Å². The molecular formula is C22H25N3O3. The third kappa shape index (κ3) is 3.86. The minimum atomic E-state index is -0.249. The number of carbonyl (C=O) groups excluding carboxylic acids is 1. The largest absolute Gasteiger partial charge is 0.497 e. The first-order valence-corrected chi connectivity index (χ1v) is 9.06. The fourth-order valence-corrected chi connectivity index (χ4v) is 3.15. The van der Waals surface area contributed by atoms with Crippen molar-refractivity contribution < 1.29 is 14.3 Å². The number of amides is 1. The molecule has 0 saturated heterocycles. The molecule has 1 heterocycles. The van der Waals surface area contributed by atoms with E-state index in [2.05, 4.69) is 29.5 Å². The number of nitrogens with one attached hydrogen (secondary N) is 1. The molecule has 1 aromatic heterocycles. The SMILES string of the molecule is COc1ccc(C(=O)Nc2c(C)nn(Cc3ccccc3C)c2C)c(OC)c1. The summed E-state index contributed by atoms with van der Waals surface area (Å²) in [5.41, 5.74) is 5.24. The molecular weight excluding hydrogens is 354 g/mol. The minimum absolute atomic E-state index is 0.249. The van der Waals surface area contributed by atoms with Crippen molar-refractivity contribution >= 4 is 11.6 Å². The van der Waals surface area contributed by atoms with Crippen LogP contribution < -0.4 is 14.8 Å². The van der Waals surface area contributed by atoms with E-state index in [0.29, 0.717) is 23.6 Å². The highest BCUT2D eigenvalue weighted by molar-refractivity contribution is 6.06. The monoisotopic (exact) mass is 379 g/mol. The zero-order chi connectivity index (χ0) is 20.3. The Morgan fingerprint density at radius 2 is 1.82 bits per heavy atom. The molecule has 0 saturated carbocycles. The van der Waals surface area contributed by atoms with Crippen LogP contribution in [0.3, 0.4) is 0 Å². The predicted molar refractivity (Wildman–Crippen MR) is 109 cm³/mol. The Labute approximate surface area is 165 Å². The summed E-state index contributed by atoms with van der Waals surface area (Å²) in [5.74, 6) is 0.840. The van der Waals surface area contributed by atoms with E-state index in [1.165, 1.54) is 18.2 Å². The average Bonchev–Trinajstić information content (AvgIpc) is 2.96. The van der Waals surface area contributed by atoms with E-state index in [-0.39, 0.29) is 5.91 Å². The van der Waals surface area contributed by atoms with Crippen molar-refractivity contribution in [2.75, 3.05) is 19.5 Å². The van der Waals surface area contributed by atoms with Gasteiger partial charge in [-0.3, -0.25) is 9.48 Å². The molecule has 28 heavy (non-hydrogen) atoms. The molecule has 0 bridgehead atoms. The number of hydrogen-bond acceptors (Lipinski definition) is 4. The van der Waals surface area contributed by atoms with Crippen LogP contribution in [0.2, 0.25) is 0 Å². The summed E-state index contributed by atoms with van der Waals surface area (Å²) >= 11 is 0. The molecule has 0 atom stereocenters. The van der Waals surface area contributed by atoms with Crippen LogP contribution in [0, 0.1) is 20.8 Å². The number of carbonyl (C=O) groups is 1. The highest BCUT2D eigenvalue weighted by atomic mass is 16.5. The van der Waals surface area contributed by atoms with E-state index in [1.54, 1.807) is 25.3 Å². The average molecular weight is 379 g/mol. The summed E-state index contributed by atoms with van der Waals surface area (Å²) in [6, 6.07) is 13.3. The zero-order valence-electron chi connectivity index (χ0n) is 16.9. The third-order valence-corrected chi connectivity index (χ3v) is 4.85. The molecule has 0 unspecified atom stereocenters. The first-order chi connectivity index (χ1) is 13.4. The van der Waals surface area contributed by atoms with Crippen LogP contribution >= 0.6 is 0 Å². The van der Waals surface area contributed by atoms with Gasteiger partial charge in [-0.05, 0) is 44.0 Å². The lowest BCUT2D eigenvalue weighted by atomic mass is 10.1. The number of anilines is 1. The van der Waals surface area contributed by atoms with E-state index >= 15 is 0 Å². The van der Waals surface area contributed by atoms with Crippen molar-refractivity contribution in [3.8, 4) is 11.5 Å². The van der Waals surface area contributed by atoms with Gasteiger partial charge in [0.1, 0.15) is 11.5 Å². The Morgan fingerprint density at radius 3 is 2.50 bits per heavy atom. The first-order valence-electron chi connectivity index (χ1n) is 9.06. The number of aryl methyl sites for hydroxylation is 2. The van der Waals surface area contributed by atoms with E-state index in [4.69, 9.17) is 9.47 Å². The lowest BCUT2D eigenvalue weighted by molar-refractivity contribution is 0.102. The summed E-state index contributed by atoms with van der Waals surface area (Å²) < 4.78 is 12.5. The zero-order valence-corrected chi connectivity index (χ0v) is 16.9. The van der Waals surface area contributed by atoms with Crippen LogP contribution in [0.1, 0.15) is 32.9 Å². The van der Waals surface area contributed by atoms with E-state index in [0.717, 1.165) is 17.1 Å². The normalized spacial score (nSPS) is 10.6. The summed E-state index contributed by atoms with van der Waals surface area (Å²) in [6.45, 7) is 6.59. The quantitative estimate of drug-likeness (QED) is 0.699. The standard InChI is InChI=1S/C22H25N3O3/c1-14-8-6-7-9-17(14)13-25-16(3)21(15(2)24-25)23-22(26)19-11-10-18(27-4)12-20(19)28-5/h6-12H,13H2,1-5H3,(H,23,26). The van der Waals surface area contributed by atoms with Gasteiger partial charge in [0.25, 0.3) is 5.91 Å². The van der Waals surface area contributed by atoms with Gasteiger partial charge in [0.2, 0.25) is 0 Å². The summed E-state index contributed by atoms with van der Waals surface area (Å²) in [5, 5.41) is 7.60. The van der Waals surface area contributed by atoms with Gasteiger partial charge in [-0.1, -0.05) is 24.3 Å². The minimum Gasteiger partial charge on any atom is -0.497 e. The topological polar surface area (TPSA) is 65.4 Å². The predicted octanol–water partition coefficient (Wildman–Crippen LogP) is 4.13. The molecule has 0 radical (unpaired) electrons. The van der Waals surface area contributed by atoms with Gasteiger partial charge in [0, 0.05) is 6.07 Å². The highest BCUT2D eigenvalue weighted by Gasteiger charge is 2.18. The Morgan fingerprint density at radius 1 is 1.07 bits per heavy atom. The van der Waals surface area contributed by atoms with Crippen molar-refractivity contribution in [2.45, 2.75) is 27.3 Å². The van der Waals surface area contributed by atoms with Gasteiger partial charge in [-0.25, -0.2) is 0 Å². The fourth-order valence-electron chi connectivity index (χ4n) is 3.15. The van der Waals surface area contributed by atoms with Crippen LogP contribution in [-0.2, 0) is 6.54 Å². The van der Waals surface area contributed by atoms with Gasteiger partial charge < -0.3 is 14.8 Å². The van der Waals surface area contributed by atoms with Crippen molar-refractivity contribution in [3.05, 3.63) is 70.5 Å². The van der Waals surface area contributed by atoms with Crippen molar-refractivity contribution in [3.63, 3.8) is 0 Å². The molecule has 1 N–H and O–H groups in total. The molecule has 3 rings (SSSR count). The Kier molecular flexibility index (Phi) is 5.68. The summed E-state index contributed by atoms with van der Waals surface area (Å²) in [6.07, 6.45) is 0. The second kappa shape index (κ2) is 8.17. The number of ether oxygens (including phenoxy) is 2. The number of rotatable bonds is 6. The van der Waals surface area contributed by atoms with Crippen LogP contribution in [0.4, 0.5) is 5.69 Å². The smallest absolute Gasteiger partial charge is 0.259 e. The maximum absolute atomic E-state index is 12.9.